The molecule has 2 aliphatic heterocycles. The fourth-order valence-electron chi connectivity index (χ4n) is 3.21. The normalized spacial score (nSPS) is 22.3. The van der Waals surface area contributed by atoms with Gasteiger partial charge in [0.2, 0.25) is 5.91 Å². The molecule has 0 aliphatic carbocycles. The molecular formula is C16H22N6O. The summed E-state index contributed by atoms with van der Waals surface area (Å²) >= 11 is 0. The molecular weight excluding hydrogens is 292 g/mol. The van der Waals surface area contributed by atoms with Crippen molar-refractivity contribution in [2.75, 3.05) is 56.1 Å². The van der Waals surface area contributed by atoms with E-state index in [2.05, 4.69) is 39.0 Å². The van der Waals surface area contributed by atoms with Crippen molar-refractivity contribution in [2.45, 2.75) is 6.42 Å². The van der Waals surface area contributed by atoms with Crippen molar-refractivity contribution in [3.05, 3.63) is 34.7 Å². The van der Waals surface area contributed by atoms with E-state index >= 15 is 0 Å². The van der Waals surface area contributed by atoms with Gasteiger partial charge >= 0.3 is 0 Å². The number of hydrogen-bond donors (Lipinski definition) is 0. The summed E-state index contributed by atoms with van der Waals surface area (Å²) in [4.78, 5) is 21.4. The van der Waals surface area contributed by atoms with Crippen LogP contribution < -0.4 is 9.80 Å². The first kappa shape index (κ1) is 15.6. The van der Waals surface area contributed by atoms with Crippen molar-refractivity contribution in [1.82, 2.24) is 4.90 Å². The Morgan fingerprint density at radius 2 is 1.83 bits per heavy atom. The second kappa shape index (κ2) is 6.89. The van der Waals surface area contributed by atoms with Gasteiger partial charge in [-0.3, -0.25) is 4.79 Å². The summed E-state index contributed by atoms with van der Waals surface area (Å²) in [6.45, 7) is 5.24. The van der Waals surface area contributed by atoms with Crippen LogP contribution in [0.25, 0.3) is 10.4 Å². The minimum Gasteiger partial charge on any atom is -0.369 e. The van der Waals surface area contributed by atoms with Crippen LogP contribution in [0.1, 0.15) is 6.42 Å². The molecule has 1 aromatic rings. The lowest BCUT2D eigenvalue weighted by Crippen LogP contribution is -2.44. The third kappa shape index (κ3) is 3.57. The molecule has 0 bridgehead atoms. The van der Waals surface area contributed by atoms with Crippen molar-refractivity contribution >= 4 is 17.3 Å². The SMILES string of the molecule is CN1CCN(c2ccc(N3CC(CN=[N+]=[N-])CC3=O)cc2)CC1. The molecule has 0 aromatic heterocycles. The van der Waals surface area contributed by atoms with Crippen LogP contribution in [-0.2, 0) is 4.79 Å². The van der Waals surface area contributed by atoms with E-state index < -0.39 is 0 Å². The average molecular weight is 314 g/mol. The number of hydrogen-bond acceptors (Lipinski definition) is 4. The molecule has 0 saturated carbocycles. The van der Waals surface area contributed by atoms with Crippen LogP contribution in [0.15, 0.2) is 29.4 Å². The van der Waals surface area contributed by atoms with Crippen molar-refractivity contribution in [1.29, 1.82) is 0 Å². The molecule has 1 amide bonds. The van der Waals surface area contributed by atoms with Gasteiger partial charge in [0.05, 0.1) is 0 Å². The quantitative estimate of drug-likeness (QED) is 0.485. The molecule has 122 valence electrons. The van der Waals surface area contributed by atoms with E-state index in [4.69, 9.17) is 5.53 Å². The smallest absolute Gasteiger partial charge is 0.227 e. The molecule has 2 heterocycles. The number of anilines is 2. The number of likely N-dealkylation sites (N-methyl/N-ethyl adjacent to an activating group) is 1. The van der Waals surface area contributed by atoms with Crippen LogP contribution in [0.5, 0.6) is 0 Å². The third-order valence-electron chi connectivity index (χ3n) is 4.64. The zero-order chi connectivity index (χ0) is 16.2. The third-order valence-corrected chi connectivity index (χ3v) is 4.64. The zero-order valence-corrected chi connectivity index (χ0v) is 13.4. The van der Waals surface area contributed by atoms with Crippen molar-refractivity contribution in [3.8, 4) is 0 Å². The van der Waals surface area contributed by atoms with E-state index in [0.29, 0.717) is 19.5 Å². The van der Waals surface area contributed by atoms with Crippen LogP contribution >= 0.6 is 0 Å². The lowest BCUT2D eigenvalue weighted by atomic mass is 10.1. The van der Waals surface area contributed by atoms with Gasteiger partial charge in [0, 0.05) is 62.0 Å². The van der Waals surface area contributed by atoms with E-state index in [1.165, 1.54) is 5.69 Å². The summed E-state index contributed by atoms with van der Waals surface area (Å²) in [7, 11) is 2.15. The molecule has 1 atom stereocenters. The first-order chi connectivity index (χ1) is 11.2. The van der Waals surface area contributed by atoms with Crippen molar-refractivity contribution in [2.24, 2.45) is 11.0 Å². The number of rotatable bonds is 4. The maximum Gasteiger partial charge on any atom is 0.227 e. The Kier molecular flexibility index (Phi) is 4.69. The standard InChI is InChI=1S/C16H22N6O/c1-20-6-8-21(9-7-20)14-2-4-15(5-3-14)22-12-13(10-16(22)23)11-18-19-17/h2-5,13H,6-12H2,1H3. The summed E-state index contributed by atoms with van der Waals surface area (Å²) in [5.74, 6) is 0.228. The minimum atomic E-state index is 0.107. The van der Waals surface area contributed by atoms with Gasteiger partial charge < -0.3 is 14.7 Å². The Bertz CT molecular complexity index is 602. The molecule has 1 unspecified atom stereocenters. The molecule has 2 fully saturated rings. The van der Waals surface area contributed by atoms with Gasteiger partial charge in [0.1, 0.15) is 0 Å². The minimum absolute atomic E-state index is 0.107. The van der Waals surface area contributed by atoms with Gasteiger partial charge in [-0.05, 0) is 42.8 Å². The van der Waals surface area contributed by atoms with Gasteiger partial charge in [0.25, 0.3) is 0 Å². The van der Waals surface area contributed by atoms with Gasteiger partial charge in [-0.25, -0.2) is 0 Å². The van der Waals surface area contributed by atoms with Crippen molar-refractivity contribution in [3.63, 3.8) is 0 Å². The summed E-state index contributed by atoms with van der Waals surface area (Å²) in [6.07, 6.45) is 0.458. The maximum atomic E-state index is 12.1. The number of amides is 1. The van der Waals surface area contributed by atoms with E-state index in [9.17, 15) is 4.79 Å². The molecule has 2 aliphatic rings. The van der Waals surface area contributed by atoms with Crippen LogP contribution in [0.3, 0.4) is 0 Å². The number of azide groups is 1. The number of piperazine rings is 1. The topological polar surface area (TPSA) is 75.6 Å². The molecule has 3 rings (SSSR count). The number of nitrogens with zero attached hydrogens (tertiary/aromatic N) is 6. The van der Waals surface area contributed by atoms with Gasteiger partial charge in [-0.1, -0.05) is 5.11 Å². The molecule has 7 nitrogen and oxygen atoms in total. The van der Waals surface area contributed by atoms with E-state index in [1.807, 2.05) is 12.1 Å². The predicted molar refractivity (Wildman–Crippen MR) is 90.6 cm³/mol. The average Bonchev–Trinajstić information content (AvgIpc) is 2.95. The van der Waals surface area contributed by atoms with Gasteiger partial charge in [0.15, 0.2) is 0 Å². The Morgan fingerprint density at radius 1 is 1.17 bits per heavy atom. The van der Waals surface area contributed by atoms with Gasteiger partial charge in [-0.2, -0.15) is 0 Å². The monoisotopic (exact) mass is 314 g/mol. The number of carbonyl (C=O) groups excluding carboxylic acids is 1. The fraction of sp³-hybridized carbons (Fsp3) is 0.562. The number of benzene rings is 1. The van der Waals surface area contributed by atoms with Crippen LogP contribution in [0, 0.1) is 5.92 Å². The highest BCUT2D eigenvalue weighted by atomic mass is 16.2. The molecule has 0 radical (unpaired) electrons. The largest absolute Gasteiger partial charge is 0.369 e. The zero-order valence-electron chi connectivity index (χ0n) is 13.4. The molecule has 2 saturated heterocycles. The molecule has 23 heavy (non-hydrogen) atoms. The second-order valence-corrected chi connectivity index (χ2v) is 6.29. The highest BCUT2D eigenvalue weighted by Gasteiger charge is 2.30. The van der Waals surface area contributed by atoms with E-state index in [1.54, 1.807) is 4.90 Å². The Morgan fingerprint density at radius 3 is 2.48 bits per heavy atom. The molecule has 0 spiro atoms. The fourth-order valence-corrected chi connectivity index (χ4v) is 3.21. The molecule has 7 heteroatoms. The predicted octanol–water partition coefficient (Wildman–Crippen LogP) is 2.10. The number of carbonyl (C=O) groups is 1. The highest BCUT2D eigenvalue weighted by molar-refractivity contribution is 5.95. The van der Waals surface area contributed by atoms with E-state index in [0.717, 1.165) is 31.9 Å². The Hall–Kier alpha value is -2.24. The first-order valence-electron chi connectivity index (χ1n) is 8.02. The maximum absolute atomic E-state index is 12.1. The lowest BCUT2D eigenvalue weighted by Gasteiger charge is -2.34. The molecule has 1 aromatic carbocycles. The van der Waals surface area contributed by atoms with Crippen LogP contribution in [0.4, 0.5) is 11.4 Å². The van der Waals surface area contributed by atoms with E-state index in [-0.39, 0.29) is 11.8 Å². The lowest BCUT2D eigenvalue weighted by molar-refractivity contribution is -0.117. The first-order valence-corrected chi connectivity index (χ1v) is 8.02. The summed E-state index contributed by atoms with van der Waals surface area (Å²) in [5, 5.41) is 3.59. The highest BCUT2D eigenvalue weighted by Crippen LogP contribution is 2.27. The van der Waals surface area contributed by atoms with Gasteiger partial charge in [-0.15, -0.1) is 0 Å². The van der Waals surface area contributed by atoms with Crippen LogP contribution in [0.2, 0.25) is 0 Å². The second-order valence-electron chi connectivity index (χ2n) is 6.29. The Balaban J connectivity index is 1.65. The summed E-state index contributed by atoms with van der Waals surface area (Å²) in [6, 6.07) is 8.21. The Labute approximate surface area is 136 Å². The van der Waals surface area contributed by atoms with Crippen LogP contribution in [-0.4, -0.2) is 57.1 Å². The molecule has 0 N–H and O–H groups in total. The van der Waals surface area contributed by atoms with Crippen molar-refractivity contribution < 1.29 is 4.79 Å². The summed E-state index contributed by atoms with van der Waals surface area (Å²) in [5.41, 5.74) is 10.5. The summed E-state index contributed by atoms with van der Waals surface area (Å²) < 4.78 is 0.